The van der Waals surface area contributed by atoms with E-state index in [2.05, 4.69) is 115 Å². The quantitative estimate of drug-likeness (QED) is 0.188. The Morgan fingerprint density at radius 2 is 0.815 bits per heavy atom. The lowest BCUT2D eigenvalue weighted by Crippen LogP contribution is -2.06. The van der Waals surface area contributed by atoms with Crippen molar-refractivity contribution in [2.75, 3.05) is 0 Å². The molecular formula is C27H19+. The SMILES string of the molecule is c1ccc([C+](c2ccccc2)c2c3ccccc3cc3ccccc23)cc1. The van der Waals surface area contributed by atoms with E-state index in [1.165, 1.54) is 44.2 Å². The fourth-order valence-electron chi connectivity index (χ4n) is 3.95. The van der Waals surface area contributed by atoms with Crippen LogP contribution in [-0.4, -0.2) is 0 Å². The third-order valence-electron chi connectivity index (χ3n) is 5.15. The Bertz CT molecular complexity index is 1110. The van der Waals surface area contributed by atoms with Gasteiger partial charge in [0.15, 0.2) is 0 Å². The summed E-state index contributed by atoms with van der Waals surface area (Å²) in [5, 5.41) is 5.13. The second-order valence-corrected chi connectivity index (χ2v) is 6.80. The topological polar surface area (TPSA) is 0 Å². The first-order valence-corrected chi connectivity index (χ1v) is 9.30. The van der Waals surface area contributed by atoms with E-state index >= 15 is 0 Å². The van der Waals surface area contributed by atoms with Crippen LogP contribution in [0.5, 0.6) is 0 Å². The maximum absolute atomic E-state index is 2.29. The van der Waals surface area contributed by atoms with Crippen LogP contribution in [0.3, 0.4) is 0 Å². The maximum Gasteiger partial charge on any atom is 0.0696 e. The summed E-state index contributed by atoms with van der Waals surface area (Å²) in [5.74, 6) is 1.28. The molecule has 0 heteroatoms. The zero-order valence-electron chi connectivity index (χ0n) is 15.0. The van der Waals surface area contributed by atoms with E-state index in [4.69, 9.17) is 0 Å². The maximum atomic E-state index is 2.29. The molecule has 0 aromatic heterocycles. The van der Waals surface area contributed by atoms with Gasteiger partial charge in [0.2, 0.25) is 0 Å². The summed E-state index contributed by atoms with van der Waals surface area (Å²) in [6.07, 6.45) is 0. The smallest absolute Gasteiger partial charge is 0.0607 e. The van der Waals surface area contributed by atoms with E-state index in [9.17, 15) is 0 Å². The zero-order valence-corrected chi connectivity index (χ0v) is 15.0. The van der Waals surface area contributed by atoms with E-state index in [1.807, 2.05) is 0 Å². The molecule has 5 rings (SSSR count). The Morgan fingerprint density at radius 1 is 0.407 bits per heavy atom. The third kappa shape index (κ3) is 2.76. The normalized spacial score (nSPS) is 11.0. The molecular weight excluding hydrogens is 324 g/mol. The Hall–Kier alpha value is -3.51. The van der Waals surface area contributed by atoms with Crippen molar-refractivity contribution in [3.63, 3.8) is 0 Å². The molecule has 0 aliphatic carbocycles. The van der Waals surface area contributed by atoms with Crippen molar-refractivity contribution in [1.82, 2.24) is 0 Å². The molecule has 0 nitrogen and oxygen atoms in total. The standard InChI is InChI=1S/C27H19/c1-3-11-20(12-4-1)26(21-13-5-2-6-14-21)27-24-17-9-7-15-22(24)19-23-16-8-10-18-25(23)27/h1-19H/q+1. The molecule has 0 saturated heterocycles. The minimum atomic E-state index is 1.24. The summed E-state index contributed by atoms with van der Waals surface area (Å²) in [5.41, 5.74) is 3.79. The lowest BCUT2D eigenvalue weighted by atomic mass is 9.80. The molecule has 0 atom stereocenters. The zero-order chi connectivity index (χ0) is 18.1. The van der Waals surface area contributed by atoms with Crippen LogP contribution in [-0.2, 0) is 0 Å². The van der Waals surface area contributed by atoms with Crippen LogP contribution in [0.4, 0.5) is 0 Å². The average molecular weight is 343 g/mol. The largest absolute Gasteiger partial charge is 0.0696 e. The molecule has 0 saturated carbocycles. The van der Waals surface area contributed by atoms with Gasteiger partial charge in [-0.05, 0) is 78.9 Å². The number of fused-ring (bicyclic) bond motifs is 2. The van der Waals surface area contributed by atoms with Gasteiger partial charge in [0.1, 0.15) is 0 Å². The van der Waals surface area contributed by atoms with Crippen molar-refractivity contribution >= 4 is 21.5 Å². The summed E-state index contributed by atoms with van der Waals surface area (Å²) in [4.78, 5) is 0. The molecule has 0 unspecified atom stereocenters. The predicted molar refractivity (Wildman–Crippen MR) is 115 cm³/mol. The highest BCUT2D eigenvalue weighted by molar-refractivity contribution is 6.05. The lowest BCUT2D eigenvalue weighted by Gasteiger charge is -2.17. The molecule has 0 radical (unpaired) electrons. The van der Waals surface area contributed by atoms with Gasteiger partial charge in [-0.25, -0.2) is 0 Å². The van der Waals surface area contributed by atoms with Crippen LogP contribution in [0.2, 0.25) is 0 Å². The second kappa shape index (κ2) is 6.66. The van der Waals surface area contributed by atoms with Gasteiger partial charge in [0, 0.05) is 21.5 Å². The second-order valence-electron chi connectivity index (χ2n) is 6.80. The lowest BCUT2D eigenvalue weighted by molar-refractivity contribution is 1.26. The number of hydrogen-bond donors (Lipinski definition) is 0. The predicted octanol–water partition coefficient (Wildman–Crippen LogP) is 7.01. The minimum absolute atomic E-state index is 1.24. The third-order valence-corrected chi connectivity index (χ3v) is 5.15. The van der Waals surface area contributed by atoms with Crippen molar-refractivity contribution in [3.05, 3.63) is 138 Å². The highest BCUT2D eigenvalue weighted by atomic mass is 14.2. The van der Waals surface area contributed by atoms with Gasteiger partial charge in [0.25, 0.3) is 0 Å². The highest BCUT2D eigenvalue weighted by Crippen LogP contribution is 2.39. The molecule has 27 heavy (non-hydrogen) atoms. The van der Waals surface area contributed by atoms with Gasteiger partial charge >= 0.3 is 0 Å². The van der Waals surface area contributed by atoms with Crippen molar-refractivity contribution in [2.24, 2.45) is 0 Å². The molecule has 5 aromatic rings. The molecule has 126 valence electrons. The van der Waals surface area contributed by atoms with Crippen LogP contribution < -0.4 is 0 Å². The first-order chi connectivity index (χ1) is 13.4. The Balaban J connectivity index is 1.92. The summed E-state index contributed by atoms with van der Waals surface area (Å²) in [6, 6.07) is 41.1. The first-order valence-electron chi connectivity index (χ1n) is 9.30. The van der Waals surface area contributed by atoms with Crippen molar-refractivity contribution in [2.45, 2.75) is 0 Å². The molecule has 0 fully saturated rings. The highest BCUT2D eigenvalue weighted by Gasteiger charge is 2.26. The molecule has 0 aliphatic rings. The Kier molecular flexibility index (Phi) is 3.88. The van der Waals surface area contributed by atoms with E-state index in [0.717, 1.165) is 0 Å². The number of rotatable bonds is 3. The molecule has 5 aromatic carbocycles. The monoisotopic (exact) mass is 343 g/mol. The van der Waals surface area contributed by atoms with Crippen LogP contribution in [0, 0.1) is 5.92 Å². The first kappa shape index (κ1) is 15.7. The van der Waals surface area contributed by atoms with Gasteiger partial charge in [0.05, 0.1) is 22.6 Å². The fourth-order valence-corrected chi connectivity index (χ4v) is 3.95. The summed E-state index contributed by atoms with van der Waals surface area (Å²) in [6.45, 7) is 0. The van der Waals surface area contributed by atoms with Gasteiger partial charge in [-0.1, -0.05) is 36.4 Å². The van der Waals surface area contributed by atoms with Crippen LogP contribution in [0.25, 0.3) is 21.5 Å². The summed E-state index contributed by atoms with van der Waals surface area (Å²) >= 11 is 0. The van der Waals surface area contributed by atoms with E-state index < -0.39 is 0 Å². The Morgan fingerprint density at radius 3 is 1.30 bits per heavy atom. The fraction of sp³-hybridized carbons (Fsp3) is 0. The van der Waals surface area contributed by atoms with Crippen LogP contribution in [0.1, 0.15) is 16.7 Å². The minimum Gasteiger partial charge on any atom is -0.0607 e. The molecule has 0 bridgehead atoms. The van der Waals surface area contributed by atoms with Gasteiger partial charge in [-0.15, -0.1) is 0 Å². The average Bonchev–Trinajstić information content (AvgIpc) is 2.75. The van der Waals surface area contributed by atoms with E-state index in [-0.39, 0.29) is 0 Å². The molecule has 0 N–H and O–H groups in total. The molecule has 0 aliphatic heterocycles. The van der Waals surface area contributed by atoms with Crippen LogP contribution in [0.15, 0.2) is 115 Å². The van der Waals surface area contributed by atoms with Crippen molar-refractivity contribution in [3.8, 4) is 0 Å². The van der Waals surface area contributed by atoms with Gasteiger partial charge in [-0.3, -0.25) is 0 Å². The van der Waals surface area contributed by atoms with Crippen LogP contribution >= 0.6 is 0 Å². The number of hydrogen-bond acceptors (Lipinski definition) is 0. The van der Waals surface area contributed by atoms with Gasteiger partial charge in [-0.2, -0.15) is 0 Å². The molecule has 0 amide bonds. The van der Waals surface area contributed by atoms with Crippen molar-refractivity contribution < 1.29 is 0 Å². The van der Waals surface area contributed by atoms with E-state index in [1.54, 1.807) is 0 Å². The van der Waals surface area contributed by atoms with E-state index in [0.29, 0.717) is 0 Å². The van der Waals surface area contributed by atoms with Crippen molar-refractivity contribution in [1.29, 1.82) is 0 Å². The Labute approximate surface area is 159 Å². The summed E-state index contributed by atoms with van der Waals surface area (Å²) < 4.78 is 0. The molecule has 0 spiro atoms. The summed E-state index contributed by atoms with van der Waals surface area (Å²) in [7, 11) is 0. The molecule has 0 heterocycles. The van der Waals surface area contributed by atoms with Gasteiger partial charge < -0.3 is 0 Å². The number of benzene rings is 5.